The molecule has 0 atom stereocenters. The minimum absolute atomic E-state index is 0.129. The highest BCUT2D eigenvalue weighted by atomic mass is 32.1. The second-order valence-electron chi connectivity index (χ2n) is 5.50. The highest BCUT2D eigenvalue weighted by Gasteiger charge is 2.14. The van der Waals surface area contributed by atoms with E-state index in [0.717, 1.165) is 23.4 Å². The summed E-state index contributed by atoms with van der Waals surface area (Å²) in [5.41, 5.74) is 3.91. The van der Waals surface area contributed by atoms with Crippen molar-refractivity contribution in [2.75, 3.05) is 13.2 Å². The molecule has 1 heterocycles. The van der Waals surface area contributed by atoms with Crippen LogP contribution in [0.5, 0.6) is 5.75 Å². The first-order valence-electron chi connectivity index (χ1n) is 8.13. The molecule has 24 heavy (non-hydrogen) atoms. The van der Waals surface area contributed by atoms with Crippen molar-refractivity contribution in [2.45, 2.75) is 33.2 Å². The first-order valence-corrected chi connectivity index (χ1v) is 9.01. The molecule has 0 radical (unpaired) electrons. The summed E-state index contributed by atoms with van der Waals surface area (Å²) in [4.78, 5) is 19.8. The second-order valence-corrected chi connectivity index (χ2v) is 6.44. The van der Waals surface area contributed by atoms with Gasteiger partial charge in [0.1, 0.15) is 5.75 Å². The number of aromatic nitrogens is 1. The van der Waals surface area contributed by atoms with E-state index in [1.165, 1.54) is 4.88 Å². The number of benzene rings is 1. The molecule has 4 nitrogen and oxygen atoms in total. The number of nitrogens with zero attached hydrogens (tertiary/aromatic N) is 2. The molecule has 0 saturated carbocycles. The van der Waals surface area contributed by atoms with Crippen molar-refractivity contribution in [3.05, 3.63) is 58.6 Å². The van der Waals surface area contributed by atoms with Gasteiger partial charge in [0.25, 0.3) is 0 Å². The van der Waals surface area contributed by atoms with Crippen molar-refractivity contribution in [3.63, 3.8) is 0 Å². The largest absolute Gasteiger partial charge is 0.494 e. The molecule has 0 bridgehead atoms. The lowest BCUT2D eigenvalue weighted by Gasteiger charge is -2.21. The molecule has 1 amide bonds. The number of hydrogen-bond acceptors (Lipinski definition) is 4. The van der Waals surface area contributed by atoms with Gasteiger partial charge in [0.15, 0.2) is 0 Å². The summed E-state index contributed by atoms with van der Waals surface area (Å²) < 4.78 is 5.53. The van der Waals surface area contributed by atoms with Gasteiger partial charge in [0.05, 0.1) is 17.8 Å². The van der Waals surface area contributed by atoms with E-state index in [0.29, 0.717) is 26.1 Å². The molecule has 1 aromatic carbocycles. The van der Waals surface area contributed by atoms with Crippen LogP contribution in [0.2, 0.25) is 0 Å². The Balaban J connectivity index is 1.99. The van der Waals surface area contributed by atoms with Crippen LogP contribution >= 0.6 is 11.3 Å². The number of amides is 1. The van der Waals surface area contributed by atoms with Gasteiger partial charge in [-0.25, -0.2) is 4.98 Å². The summed E-state index contributed by atoms with van der Waals surface area (Å²) in [5, 5.41) is 0. The van der Waals surface area contributed by atoms with Crippen LogP contribution < -0.4 is 4.74 Å². The SMILES string of the molecule is C=CCN(Cc1cccc(OCC)c1)C(=O)CCc1scnc1C. The lowest BCUT2D eigenvalue weighted by molar-refractivity contribution is -0.131. The van der Waals surface area contributed by atoms with E-state index in [4.69, 9.17) is 4.74 Å². The number of thiazole rings is 1. The van der Waals surface area contributed by atoms with E-state index in [1.807, 2.05) is 48.5 Å². The Morgan fingerprint density at radius 1 is 1.46 bits per heavy atom. The summed E-state index contributed by atoms with van der Waals surface area (Å²) >= 11 is 1.61. The van der Waals surface area contributed by atoms with Gasteiger partial charge in [-0.1, -0.05) is 18.2 Å². The third-order valence-corrected chi connectivity index (χ3v) is 4.69. The first kappa shape index (κ1) is 18.2. The van der Waals surface area contributed by atoms with Crippen molar-refractivity contribution < 1.29 is 9.53 Å². The topological polar surface area (TPSA) is 42.4 Å². The van der Waals surface area contributed by atoms with Crippen molar-refractivity contribution in [3.8, 4) is 5.75 Å². The van der Waals surface area contributed by atoms with Crippen LogP contribution in [0.1, 0.15) is 29.5 Å². The molecule has 0 unspecified atom stereocenters. The van der Waals surface area contributed by atoms with Gasteiger partial charge in [-0.05, 0) is 38.0 Å². The fraction of sp³-hybridized carbons (Fsp3) is 0.368. The monoisotopic (exact) mass is 344 g/mol. The number of carbonyl (C=O) groups is 1. The Morgan fingerprint density at radius 3 is 2.96 bits per heavy atom. The molecule has 0 N–H and O–H groups in total. The standard InChI is InChI=1S/C19H24N2O2S/c1-4-11-21(13-16-7-6-8-17(12-16)23-5-2)19(22)10-9-18-15(3)20-14-24-18/h4,6-8,12,14H,1,5,9-11,13H2,2-3H3. The van der Waals surface area contributed by atoms with E-state index >= 15 is 0 Å². The quantitative estimate of drug-likeness (QED) is 0.646. The molecule has 0 aliphatic heterocycles. The number of hydrogen-bond donors (Lipinski definition) is 0. The highest BCUT2D eigenvalue weighted by Crippen LogP contribution is 2.17. The maximum absolute atomic E-state index is 12.6. The van der Waals surface area contributed by atoms with Crippen LogP contribution in [-0.2, 0) is 17.8 Å². The molecule has 0 aliphatic rings. The zero-order chi connectivity index (χ0) is 17.4. The van der Waals surface area contributed by atoms with Crippen molar-refractivity contribution in [1.29, 1.82) is 0 Å². The summed E-state index contributed by atoms with van der Waals surface area (Å²) in [5.74, 6) is 0.964. The smallest absolute Gasteiger partial charge is 0.223 e. The highest BCUT2D eigenvalue weighted by molar-refractivity contribution is 7.09. The molecule has 0 aliphatic carbocycles. The maximum atomic E-state index is 12.6. The molecular formula is C19H24N2O2S. The zero-order valence-electron chi connectivity index (χ0n) is 14.3. The van der Waals surface area contributed by atoms with Gasteiger partial charge < -0.3 is 9.64 Å². The van der Waals surface area contributed by atoms with Gasteiger partial charge in [-0.3, -0.25) is 4.79 Å². The lowest BCUT2D eigenvalue weighted by Crippen LogP contribution is -2.30. The van der Waals surface area contributed by atoms with Crippen LogP contribution in [0, 0.1) is 6.92 Å². The van der Waals surface area contributed by atoms with Crippen LogP contribution in [0.15, 0.2) is 42.4 Å². The van der Waals surface area contributed by atoms with E-state index < -0.39 is 0 Å². The number of carbonyl (C=O) groups excluding carboxylic acids is 1. The van der Waals surface area contributed by atoms with Crippen LogP contribution in [0.3, 0.4) is 0 Å². The van der Waals surface area contributed by atoms with Crippen molar-refractivity contribution >= 4 is 17.2 Å². The number of ether oxygens (including phenoxy) is 1. The third-order valence-electron chi connectivity index (χ3n) is 3.70. The number of aryl methyl sites for hydroxylation is 2. The van der Waals surface area contributed by atoms with E-state index in [-0.39, 0.29) is 5.91 Å². The number of rotatable bonds is 9. The van der Waals surface area contributed by atoms with Gasteiger partial charge in [0.2, 0.25) is 5.91 Å². The Bertz CT molecular complexity index is 682. The Labute approximate surface area is 147 Å². The molecule has 128 valence electrons. The third kappa shape index (κ3) is 5.20. The molecule has 1 aromatic heterocycles. The average molecular weight is 344 g/mol. The fourth-order valence-electron chi connectivity index (χ4n) is 2.48. The van der Waals surface area contributed by atoms with E-state index in [9.17, 15) is 4.79 Å². The molecule has 0 saturated heterocycles. The molecular weight excluding hydrogens is 320 g/mol. The zero-order valence-corrected chi connectivity index (χ0v) is 15.1. The summed E-state index contributed by atoms with van der Waals surface area (Å²) in [6.45, 7) is 9.45. The molecule has 5 heteroatoms. The Hall–Kier alpha value is -2.14. The van der Waals surface area contributed by atoms with Crippen LogP contribution in [0.4, 0.5) is 0 Å². The Kier molecular flexibility index (Phi) is 7.00. The van der Waals surface area contributed by atoms with Crippen LogP contribution in [-0.4, -0.2) is 28.9 Å². The molecule has 0 spiro atoms. The predicted molar refractivity (Wildman–Crippen MR) is 98.4 cm³/mol. The minimum atomic E-state index is 0.129. The van der Waals surface area contributed by atoms with Crippen molar-refractivity contribution in [2.24, 2.45) is 0 Å². The Morgan fingerprint density at radius 2 is 2.29 bits per heavy atom. The van der Waals surface area contributed by atoms with Gasteiger partial charge >= 0.3 is 0 Å². The van der Waals surface area contributed by atoms with Crippen molar-refractivity contribution in [1.82, 2.24) is 9.88 Å². The molecule has 2 aromatic rings. The normalized spacial score (nSPS) is 10.4. The summed E-state index contributed by atoms with van der Waals surface area (Å²) in [6, 6.07) is 7.89. The summed E-state index contributed by atoms with van der Waals surface area (Å²) in [7, 11) is 0. The molecule has 2 rings (SSSR count). The predicted octanol–water partition coefficient (Wildman–Crippen LogP) is 4.00. The van der Waals surface area contributed by atoms with Gasteiger partial charge in [-0.2, -0.15) is 0 Å². The molecule has 0 fully saturated rings. The van der Waals surface area contributed by atoms with Crippen LogP contribution in [0.25, 0.3) is 0 Å². The van der Waals surface area contributed by atoms with E-state index in [1.54, 1.807) is 17.4 Å². The van der Waals surface area contributed by atoms with Gasteiger partial charge in [-0.15, -0.1) is 17.9 Å². The first-order chi connectivity index (χ1) is 11.6. The summed E-state index contributed by atoms with van der Waals surface area (Å²) in [6.07, 6.45) is 2.99. The van der Waals surface area contributed by atoms with Gasteiger partial charge in [0, 0.05) is 24.4 Å². The average Bonchev–Trinajstić information content (AvgIpc) is 2.98. The minimum Gasteiger partial charge on any atom is -0.494 e. The lowest BCUT2D eigenvalue weighted by atomic mass is 10.1. The van der Waals surface area contributed by atoms with E-state index in [2.05, 4.69) is 11.6 Å². The maximum Gasteiger partial charge on any atom is 0.223 e. The fourth-order valence-corrected chi connectivity index (χ4v) is 3.26. The second kappa shape index (κ2) is 9.23.